The molecule has 0 radical (unpaired) electrons. The highest BCUT2D eigenvalue weighted by molar-refractivity contribution is 5.92. The molecular formula is C32H49NO6. The van der Waals surface area contributed by atoms with Gasteiger partial charge in [0, 0.05) is 10.8 Å². The molecule has 0 saturated heterocycles. The van der Waals surface area contributed by atoms with E-state index in [-0.39, 0.29) is 22.4 Å². The summed E-state index contributed by atoms with van der Waals surface area (Å²) in [6.07, 6.45) is 0. The Bertz CT molecular complexity index is 1150. The summed E-state index contributed by atoms with van der Waals surface area (Å²) in [6.45, 7) is 23.2. The Morgan fingerprint density at radius 1 is 0.641 bits per heavy atom. The SMILES string of the molecule is COc1cc(C(C)(C)/C(C)=N\O)ccc1OC(C)(C)C.COc1cc(C(C)(C)C(C)=O)ccc1OC(C)(C)C. The van der Waals surface area contributed by atoms with Gasteiger partial charge in [0.1, 0.15) is 17.0 Å². The van der Waals surface area contributed by atoms with Crippen molar-refractivity contribution in [3.63, 3.8) is 0 Å². The maximum atomic E-state index is 11.7. The molecule has 0 spiro atoms. The quantitative estimate of drug-likeness (QED) is 0.208. The maximum Gasteiger partial charge on any atom is 0.161 e. The van der Waals surface area contributed by atoms with Crippen LogP contribution < -0.4 is 18.9 Å². The van der Waals surface area contributed by atoms with Crippen molar-refractivity contribution in [3.8, 4) is 23.0 Å². The lowest BCUT2D eigenvalue weighted by atomic mass is 9.80. The molecule has 0 aliphatic heterocycles. The second-order valence-corrected chi connectivity index (χ2v) is 12.7. The minimum Gasteiger partial charge on any atom is -0.493 e. The highest BCUT2D eigenvalue weighted by atomic mass is 16.5. The van der Waals surface area contributed by atoms with Gasteiger partial charge >= 0.3 is 0 Å². The molecule has 1 N–H and O–H groups in total. The third kappa shape index (κ3) is 9.48. The van der Waals surface area contributed by atoms with Crippen LogP contribution in [0.4, 0.5) is 0 Å². The molecule has 0 bridgehead atoms. The summed E-state index contributed by atoms with van der Waals surface area (Å²) in [5, 5.41) is 12.3. The second-order valence-electron chi connectivity index (χ2n) is 12.7. The number of nitrogens with zero attached hydrogens (tertiary/aromatic N) is 1. The molecule has 39 heavy (non-hydrogen) atoms. The van der Waals surface area contributed by atoms with Gasteiger partial charge in [0.25, 0.3) is 0 Å². The molecule has 218 valence electrons. The minimum atomic E-state index is -0.520. The summed E-state index contributed by atoms with van der Waals surface area (Å²) in [4.78, 5) is 11.7. The summed E-state index contributed by atoms with van der Waals surface area (Å²) in [6, 6.07) is 11.5. The Kier molecular flexibility index (Phi) is 11.1. The van der Waals surface area contributed by atoms with E-state index in [1.54, 1.807) is 28.1 Å². The summed E-state index contributed by atoms with van der Waals surface area (Å²) >= 11 is 0. The molecule has 0 heterocycles. The van der Waals surface area contributed by atoms with Crippen molar-refractivity contribution in [1.29, 1.82) is 0 Å². The van der Waals surface area contributed by atoms with Crippen molar-refractivity contribution in [2.75, 3.05) is 14.2 Å². The zero-order valence-electron chi connectivity index (χ0n) is 26.4. The average molecular weight is 544 g/mol. The van der Waals surface area contributed by atoms with Gasteiger partial charge in [-0.3, -0.25) is 4.79 Å². The van der Waals surface area contributed by atoms with Crippen molar-refractivity contribution >= 4 is 11.5 Å². The molecule has 2 aromatic carbocycles. The number of Topliss-reactive ketones (excluding diaryl/α,β-unsaturated/α-hetero) is 1. The first-order chi connectivity index (χ1) is 17.7. The fraction of sp³-hybridized carbons (Fsp3) is 0.562. The molecule has 0 fully saturated rings. The number of carbonyl (C=O) groups excluding carboxylic acids is 1. The zero-order chi connectivity index (χ0) is 30.4. The van der Waals surface area contributed by atoms with Crippen molar-refractivity contribution in [1.82, 2.24) is 0 Å². The van der Waals surface area contributed by atoms with Crippen LogP contribution in [0.15, 0.2) is 41.6 Å². The summed E-state index contributed by atoms with van der Waals surface area (Å²) < 4.78 is 22.5. The predicted molar refractivity (Wildman–Crippen MR) is 158 cm³/mol. The van der Waals surface area contributed by atoms with Crippen molar-refractivity contribution < 1.29 is 28.9 Å². The minimum absolute atomic E-state index is 0.124. The predicted octanol–water partition coefficient (Wildman–Crippen LogP) is 7.74. The number of hydrogen-bond donors (Lipinski definition) is 1. The highest BCUT2D eigenvalue weighted by Gasteiger charge is 2.28. The summed E-state index contributed by atoms with van der Waals surface area (Å²) in [5.74, 6) is 2.85. The van der Waals surface area contributed by atoms with E-state index in [0.29, 0.717) is 28.7 Å². The van der Waals surface area contributed by atoms with Gasteiger partial charge in [0.05, 0.1) is 19.9 Å². The van der Waals surface area contributed by atoms with Crippen molar-refractivity contribution in [2.24, 2.45) is 5.16 Å². The van der Waals surface area contributed by atoms with Gasteiger partial charge in [0.15, 0.2) is 23.0 Å². The Morgan fingerprint density at radius 3 is 1.28 bits per heavy atom. The van der Waals surface area contributed by atoms with Gasteiger partial charge in [-0.1, -0.05) is 31.1 Å². The monoisotopic (exact) mass is 543 g/mol. The first-order valence-corrected chi connectivity index (χ1v) is 13.1. The van der Waals surface area contributed by atoms with E-state index in [0.717, 1.165) is 11.1 Å². The van der Waals surface area contributed by atoms with Crippen LogP contribution in [0.5, 0.6) is 23.0 Å². The number of carbonyl (C=O) groups is 1. The van der Waals surface area contributed by atoms with E-state index >= 15 is 0 Å². The van der Waals surface area contributed by atoms with E-state index in [1.807, 2.05) is 106 Å². The van der Waals surface area contributed by atoms with E-state index in [1.165, 1.54) is 0 Å². The highest BCUT2D eigenvalue weighted by Crippen LogP contribution is 2.37. The lowest BCUT2D eigenvalue weighted by Gasteiger charge is -2.27. The molecule has 0 aliphatic rings. The van der Waals surface area contributed by atoms with Gasteiger partial charge in [-0.25, -0.2) is 0 Å². The van der Waals surface area contributed by atoms with Gasteiger partial charge in [0.2, 0.25) is 0 Å². The Balaban J connectivity index is 0.000000391. The van der Waals surface area contributed by atoms with E-state index in [2.05, 4.69) is 5.16 Å². The number of oxime groups is 1. The van der Waals surface area contributed by atoms with Gasteiger partial charge in [-0.2, -0.15) is 0 Å². The third-order valence-corrected chi connectivity index (χ3v) is 6.54. The average Bonchev–Trinajstić information content (AvgIpc) is 2.82. The van der Waals surface area contributed by atoms with Crippen LogP contribution in [0.25, 0.3) is 0 Å². The second kappa shape index (κ2) is 12.8. The van der Waals surface area contributed by atoms with Crippen molar-refractivity contribution in [3.05, 3.63) is 47.5 Å². The lowest BCUT2D eigenvalue weighted by molar-refractivity contribution is -0.121. The molecule has 0 atom stereocenters. The number of ether oxygens (including phenoxy) is 4. The Labute approximate surface area is 235 Å². The van der Waals surface area contributed by atoms with E-state index in [4.69, 9.17) is 24.2 Å². The lowest BCUT2D eigenvalue weighted by Crippen LogP contribution is -2.27. The molecule has 0 saturated carbocycles. The molecule has 7 heteroatoms. The third-order valence-electron chi connectivity index (χ3n) is 6.54. The van der Waals surface area contributed by atoms with Crippen LogP contribution in [-0.2, 0) is 15.6 Å². The molecular weight excluding hydrogens is 494 g/mol. The topological polar surface area (TPSA) is 86.6 Å². The molecule has 2 rings (SSSR count). The first kappa shape index (κ1) is 33.8. The number of methoxy groups -OCH3 is 2. The van der Waals surface area contributed by atoms with Crippen LogP contribution in [-0.4, -0.2) is 42.1 Å². The normalized spacial score (nSPS) is 12.7. The summed E-state index contributed by atoms with van der Waals surface area (Å²) in [7, 11) is 3.23. The molecule has 2 aromatic rings. The first-order valence-electron chi connectivity index (χ1n) is 13.1. The van der Waals surface area contributed by atoms with Gasteiger partial charge in [-0.15, -0.1) is 0 Å². The van der Waals surface area contributed by atoms with Crippen molar-refractivity contribution in [2.45, 2.75) is 105 Å². The molecule has 0 amide bonds. The number of ketones is 1. The fourth-order valence-corrected chi connectivity index (χ4v) is 3.48. The fourth-order valence-electron chi connectivity index (χ4n) is 3.48. The summed E-state index contributed by atoms with van der Waals surface area (Å²) in [5.41, 5.74) is 1.11. The van der Waals surface area contributed by atoms with E-state index < -0.39 is 5.41 Å². The van der Waals surface area contributed by atoms with Crippen LogP contribution in [0.1, 0.15) is 94.2 Å². The van der Waals surface area contributed by atoms with E-state index in [9.17, 15) is 4.79 Å². The smallest absolute Gasteiger partial charge is 0.161 e. The molecule has 0 aromatic heterocycles. The standard InChI is InChI=1S/C16H25NO3.C16H24O3/c1-11(17-18)16(5,6)12-8-9-13(14(10-12)19-7)20-15(2,3)4;1-11(17)16(5,6)12-8-9-13(14(10-12)18-7)19-15(2,3)4/h8-10,18H,1-7H3;8-10H,1-7H3/b17-11-;. The number of benzene rings is 2. The number of rotatable bonds is 8. The largest absolute Gasteiger partial charge is 0.493 e. The van der Waals surface area contributed by atoms with Crippen LogP contribution >= 0.6 is 0 Å². The van der Waals surface area contributed by atoms with Gasteiger partial charge in [-0.05, 0) is 105 Å². The van der Waals surface area contributed by atoms with Crippen LogP contribution in [0, 0.1) is 0 Å². The van der Waals surface area contributed by atoms with Crippen LogP contribution in [0.3, 0.4) is 0 Å². The Morgan fingerprint density at radius 2 is 1.00 bits per heavy atom. The van der Waals surface area contributed by atoms with Crippen LogP contribution in [0.2, 0.25) is 0 Å². The molecule has 0 unspecified atom stereocenters. The molecule has 7 nitrogen and oxygen atoms in total. The Hall–Kier alpha value is -3.22. The maximum absolute atomic E-state index is 11.7. The zero-order valence-corrected chi connectivity index (χ0v) is 26.4. The van der Waals surface area contributed by atoms with Gasteiger partial charge < -0.3 is 24.2 Å². The number of hydrogen-bond acceptors (Lipinski definition) is 7. The molecule has 0 aliphatic carbocycles.